The van der Waals surface area contributed by atoms with Gasteiger partial charge in [-0.2, -0.15) is 0 Å². The third-order valence-corrected chi connectivity index (χ3v) is 6.57. The van der Waals surface area contributed by atoms with E-state index in [9.17, 15) is 9.90 Å². The zero-order valence-corrected chi connectivity index (χ0v) is 21.1. The molecule has 0 radical (unpaired) electrons. The number of carboxylic acids is 1. The van der Waals surface area contributed by atoms with Gasteiger partial charge in [-0.3, -0.25) is 4.79 Å². The van der Waals surface area contributed by atoms with Crippen LogP contribution in [0.5, 0.6) is 0 Å². The molecule has 31 heavy (non-hydrogen) atoms. The van der Waals surface area contributed by atoms with E-state index in [4.69, 9.17) is 5.11 Å². The molecule has 0 aliphatic heterocycles. The maximum Gasteiger partial charge on any atom is 0.303 e. The molecule has 0 rings (SSSR count). The third kappa shape index (κ3) is 27.4. The highest BCUT2D eigenvalue weighted by molar-refractivity contribution is 5.66. The molecule has 3 nitrogen and oxygen atoms in total. The van der Waals surface area contributed by atoms with Crippen LogP contribution < -0.4 is 0 Å². The highest BCUT2D eigenvalue weighted by Gasteiger charge is 2.04. The SMILES string of the molecule is CCCCCCCCCCCC(O)CCCCCCCCCCCCCCCC(=O)O. The fraction of sp³-hybridized carbons (Fsp3) is 0.964. The van der Waals surface area contributed by atoms with Crippen molar-refractivity contribution in [1.82, 2.24) is 0 Å². The first-order valence-electron chi connectivity index (χ1n) is 14.1. The van der Waals surface area contributed by atoms with E-state index in [0.29, 0.717) is 6.42 Å². The molecule has 3 heteroatoms. The predicted octanol–water partition coefficient (Wildman–Crippen LogP) is 9.20. The third-order valence-electron chi connectivity index (χ3n) is 6.57. The van der Waals surface area contributed by atoms with Gasteiger partial charge < -0.3 is 10.2 Å². The number of aliphatic hydroxyl groups is 1. The molecule has 0 aromatic heterocycles. The highest BCUT2D eigenvalue weighted by Crippen LogP contribution is 2.16. The predicted molar refractivity (Wildman–Crippen MR) is 135 cm³/mol. The van der Waals surface area contributed by atoms with Crippen LogP contribution in [0, 0.1) is 0 Å². The van der Waals surface area contributed by atoms with Gasteiger partial charge in [-0.15, -0.1) is 0 Å². The van der Waals surface area contributed by atoms with Gasteiger partial charge in [0, 0.05) is 6.42 Å². The van der Waals surface area contributed by atoms with E-state index in [0.717, 1.165) is 25.7 Å². The molecule has 186 valence electrons. The van der Waals surface area contributed by atoms with Crippen molar-refractivity contribution in [3.63, 3.8) is 0 Å². The second-order valence-corrected chi connectivity index (χ2v) is 9.80. The van der Waals surface area contributed by atoms with Crippen molar-refractivity contribution < 1.29 is 15.0 Å². The van der Waals surface area contributed by atoms with Gasteiger partial charge in [0.25, 0.3) is 0 Å². The van der Waals surface area contributed by atoms with Crippen molar-refractivity contribution in [3.05, 3.63) is 0 Å². The Bertz CT molecular complexity index is 356. The number of hydrogen-bond donors (Lipinski definition) is 2. The molecule has 0 saturated heterocycles. The van der Waals surface area contributed by atoms with E-state index in [1.807, 2.05) is 0 Å². The lowest BCUT2D eigenvalue weighted by Crippen LogP contribution is -2.05. The summed E-state index contributed by atoms with van der Waals surface area (Å²) in [4.78, 5) is 10.4. The molecule has 2 N–H and O–H groups in total. The molecular formula is C28H56O3. The lowest BCUT2D eigenvalue weighted by atomic mass is 10.0. The summed E-state index contributed by atoms with van der Waals surface area (Å²) in [6, 6.07) is 0. The number of aliphatic hydroxyl groups excluding tert-OH is 1. The Balaban J connectivity index is 3.14. The lowest BCUT2D eigenvalue weighted by molar-refractivity contribution is -0.137. The van der Waals surface area contributed by atoms with Gasteiger partial charge in [0.2, 0.25) is 0 Å². The van der Waals surface area contributed by atoms with E-state index in [1.165, 1.54) is 128 Å². The second-order valence-electron chi connectivity index (χ2n) is 9.80. The van der Waals surface area contributed by atoms with E-state index in [1.54, 1.807) is 0 Å². The van der Waals surface area contributed by atoms with Gasteiger partial charge >= 0.3 is 5.97 Å². The molecule has 0 bridgehead atoms. The molecule has 0 aromatic rings. The number of hydrogen-bond acceptors (Lipinski definition) is 2. The Labute approximate surface area is 194 Å². The number of carboxylic acid groups (broad SMARTS) is 1. The van der Waals surface area contributed by atoms with Crippen LogP contribution in [-0.2, 0) is 4.79 Å². The van der Waals surface area contributed by atoms with Gasteiger partial charge in [0.15, 0.2) is 0 Å². The smallest absolute Gasteiger partial charge is 0.303 e. The number of aliphatic carboxylic acids is 1. The summed E-state index contributed by atoms with van der Waals surface area (Å²) in [5.74, 6) is -0.662. The van der Waals surface area contributed by atoms with Crippen molar-refractivity contribution in [2.45, 2.75) is 174 Å². The minimum Gasteiger partial charge on any atom is -0.481 e. The van der Waals surface area contributed by atoms with Crippen molar-refractivity contribution in [2.24, 2.45) is 0 Å². The average molecular weight is 441 g/mol. The van der Waals surface area contributed by atoms with E-state index < -0.39 is 5.97 Å². The quantitative estimate of drug-likeness (QED) is 0.132. The van der Waals surface area contributed by atoms with Crippen molar-refractivity contribution in [3.8, 4) is 0 Å². The van der Waals surface area contributed by atoms with Crippen LogP contribution in [0.4, 0.5) is 0 Å². The fourth-order valence-corrected chi connectivity index (χ4v) is 4.44. The molecule has 0 aliphatic carbocycles. The minimum absolute atomic E-state index is 0.0614. The second kappa shape index (κ2) is 25.7. The zero-order valence-electron chi connectivity index (χ0n) is 21.1. The molecule has 0 saturated carbocycles. The standard InChI is InChI=1S/C28H56O3/c1-2-3-4-5-6-12-15-18-21-24-27(29)25-22-19-16-13-10-8-7-9-11-14-17-20-23-26-28(30)31/h27,29H,2-26H2,1H3,(H,30,31). The largest absolute Gasteiger partial charge is 0.481 e. The molecule has 0 aromatic carbocycles. The first kappa shape index (κ1) is 30.4. The summed E-state index contributed by atoms with van der Waals surface area (Å²) in [5, 5.41) is 18.7. The molecule has 0 fully saturated rings. The van der Waals surface area contributed by atoms with Crippen LogP contribution in [0.15, 0.2) is 0 Å². The Morgan fingerprint density at radius 2 is 0.806 bits per heavy atom. The first-order chi connectivity index (χ1) is 15.2. The Morgan fingerprint density at radius 1 is 0.516 bits per heavy atom. The first-order valence-corrected chi connectivity index (χ1v) is 14.1. The van der Waals surface area contributed by atoms with Gasteiger partial charge in [-0.05, 0) is 19.3 Å². The number of carbonyl (C=O) groups is 1. The van der Waals surface area contributed by atoms with Crippen molar-refractivity contribution >= 4 is 5.97 Å². The normalized spacial score (nSPS) is 12.3. The fourth-order valence-electron chi connectivity index (χ4n) is 4.44. The van der Waals surface area contributed by atoms with Crippen LogP contribution in [-0.4, -0.2) is 22.3 Å². The highest BCUT2D eigenvalue weighted by atomic mass is 16.4. The summed E-state index contributed by atoms with van der Waals surface area (Å²) < 4.78 is 0. The summed E-state index contributed by atoms with van der Waals surface area (Å²) in [6.07, 6.45) is 30.7. The molecule has 1 unspecified atom stereocenters. The molecule has 0 amide bonds. The number of rotatable bonds is 26. The van der Waals surface area contributed by atoms with Gasteiger partial charge in [0.1, 0.15) is 0 Å². The van der Waals surface area contributed by atoms with Crippen LogP contribution in [0.1, 0.15) is 167 Å². The molecular weight excluding hydrogens is 384 g/mol. The van der Waals surface area contributed by atoms with Gasteiger partial charge in [-0.25, -0.2) is 0 Å². The van der Waals surface area contributed by atoms with Gasteiger partial charge in [0.05, 0.1) is 6.10 Å². The van der Waals surface area contributed by atoms with Crippen LogP contribution in [0.2, 0.25) is 0 Å². The maximum absolute atomic E-state index is 10.4. The molecule has 0 spiro atoms. The van der Waals surface area contributed by atoms with Crippen molar-refractivity contribution in [2.75, 3.05) is 0 Å². The van der Waals surface area contributed by atoms with E-state index in [-0.39, 0.29) is 6.10 Å². The summed E-state index contributed by atoms with van der Waals surface area (Å²) >= 11 is 0. The summed E-state index contributed by atoms with van der Waals surface area (Å²) in [5.41, 5.74) is 0. The summed E-state index contributed by atoms with van der Waals surface area (Å²) in [7, 11) is 0. The Hall–Kier alpha value is -0.570. The average Bonchev–Trinajstić information content (AvgIpc) is 2.75. The van der Waals surface area contributed by atoms with Crippen molar-refractivity contribution in [1.29, 1.82) is 0 Å². The molecule has 0 heterocycles. The molecule has 0 aliphatic rings. The monoisotopic (exact) mass is 440 g/mol. The Kier molecular flexibility index (Phi) is 25.2. The van der Waals surface area contributed by atoms with Crippen LogP contribution in [0.25, 0.3) is 0 Å². The zero-order chi connectivity index (χ0) is 22.8. The Morgan fingerprint density at radius 3 is 1.13 bits per heavy atom. The van der Waals surface area contributed by atoms with E-state index in [2.05, 4.69) is 6.92 Å². The van der Waals surface area contributed by atoms with E-state index >= 15 is 0 Å². The summed E-state index contributed by atoms with van der Waals surface area (Å²) in [6.45, 7) is 2.27. The maximum atomic E-state index is 10.4. The van der Waals surface area contributed by atoms with Crippen LogP contribution in [0.3, 0.4) is 0 Å². The lowest BCUT2D eigenvalue weighted by Gasteiger charge is -2.10. The van der Waals surface area contributed by atoms with Gasteiger partial charge in [-0.1, -0.05) is 142 Å². The topological polar surface area (TPSA) is 57.5 Å². The number of unbranched alkanes of at least 4 members (excludes halogenated alkanes) is 20. The minimum atomic E-state index is -0.662. The van der Waals surface area contributed by atoms with Crippen LogP contribution >= 0.6 is 0 Å². The molecule has 1 atom stereocenters.